The van der Waals surface area contributed by atoms with Crippen LogP contribution in [0.15, 0.2) is 54.9 Å². The molecule has 3 aromatic rings. The molecule has 0 fully saturated rings. The molecule has 0 radical (unpaired) electrons. The highest BCUT2D eigenvalue weighted by molar-refractivity contribution is 5.76. The van der Waals surface area contributed by atoms with E-state index in [1.165, 1.54) is 0 Å². The van der Waals surface area contributed by atoms with Gasteiger partial charge in [-0.25, -0.2) is 4.68 Å². The van der Waals surface area contributed by atoms with Gasteiger partial charge in [-0.1, -0.05) is 18.2 Å². The fourth-order valence-corrected chi connectivity index (χ4v) is 2.89. The van der Waals surface area contributed by atoms with E-state index in [0.29, 0.717) is 19.4 Å². The largest absolute Gasteiger partial charge is 0.352 e. The second-order valence-corrected chi connectivity index (χ2v) is 6.03. The van der Waals surface area contributed by atoms with Gasteiger partial charge in [0.05, 0.1) is 11.4 Å². The van der Waals surface area contributed by atoms with E-state index in [4.69, 9.17) is 0 Å². The van der Waals surface area contributed by atoms with E-state index in [9.17, 15) is 4.79 Å². The Morgan fingerprint density at radius 1 is 1.08 bits per heavy atom. The minimum absolute atomic E-state index is 0.0445. The minimum Gasteiger partial charge on any atom is -0.352 e. The second kappa shape index (κ2) is 7.75. The third kappa shape index (κ3) is 4.12. The summed E-state index contributed by atoms with van der Waals surface area (Å²) in [6.45, 7) is 4.58. The normalized spacial score (nSPS) is 10.6. The van der Waals surface area contributed by atoms with Gasteiger partial charge in [-0.15, -0.1) is 0 Å². The highest BCUT2D eigenvalue weighted by atomic mass is 16.1. The molecule has 128 valence electrons. The van der Waals surface area contributed by atoms with Gasteiger partial charge in [0.15, 0.2) is 0 Å². The van der Waals surface area contributed by atoms with Gasteiger partial charge in [-0.05, 0) is 55.7 Å². The van der Waals surface area contributed by atoms with E-state index in [0.717, 1.165) is 28.2 Å². The molecule has 0 aliphatic rings. The van der Waals surface area contributed by atoms with Gasteiger partial charge in [0.25, 0.3) is 0 Å². The topological polar surface area (TPSA) is 59.8 Å². The van der Waals surface area contributed by atoms with Crippen molar-refractivity contribution in [2.45, 2.75) is 33.2 Å². The zero-order chi connectivity index (χ0) is 17.6. The molecule has 0 bridgehead atoms. The molecule has 0 saturated heterocycles. The third-order valence-corrected chi connectivity index (χ3v) is 4.28. The van der Waals surface area contributed by atoms with Crippen molar-refractivity contribution >= 4 is 5.91 Å². The maximum Gasteiger partial charge on any atom is 0.220 e. The Morgan fingerprint density at radius 3 is 2.52 bits per heavy atom. The van der Waals surface area contributed by atoms with Crippen molar-refractivity contribution in [1.82, 2.24) is 20.1 Å². The van der Waals surface area contributed by atoms with Gasteiger partial charge in [-0.2, -0.15) is 5.10 Å². The summed E-state index contributed by atoms with van der Waals surface area (Å²) in [6, 6.07) is 13.9. The number of benzene rings is 1. The van der Waals surface area contributed by atoms with E-state index in [2.05, 4.69) is 22.3 Å². The van der Waals surface area contributed by atoms with Gasteiger partial charge in [0.2, 0.25) is 5.91 Å². The molecule has 1 N–H and O–H groups in total. The van der Waals surface area contributed by atoms with E-state index in [1.54, 1.807) is 12.4 Å². The maximum atomic E-state index is 12.1. The minimum atomic E-state index is 0.0445. The molecule has 0 atom stereocenters. The molecule has 0 unspecified atom stereocenters. The van der Waals surface area contributed by atoms with E-state index in [1.807, 2.05) is 54.1 Å². The number of hydrogen-bond donors (Lipinski definition) is 1. The van der Waals surface area contributed by atoms with Crippen molar-refractivity contribution in [3.05, 3.63) is 77.4 Å². The fraction of sp³-hybridized carbons (Fsp3) is 0.250. The number of aromatic nitrogens is 3. The molecule has 5 nitrogen and oxygen atoms in total. The molecule has 0 spiro atoms. The van der Waals surface area contributed by atoms with Gasteiger partial charge in [0, 0.05) is 31.1 Å². The van der Waals surface area contributed by atoms with Crippen molar-refractivity contribution in [2.75, 3.05) is 0 Å². The Balaban J connectivity index is 1.61. The van der Waals surface area contributed by atoms with Crippen LogP contribution in [0.2, 0.25) is 0 Å². The number of rotatable bonds is 6. The Hall–Kier alpha value is -2.95. The quantitative estimate of drug-likeness (QED) is 0.753. The summed E-state index contributed by atoms with van der Waals surface area (Å²) in [5, 5.41) is 7.58. The summed E-state index contributed by atoms with van der Waals surface area (Å²) in [7, 11) is 0. The average Bonchev–Trinajstić information content (AvgIpc) is 2.94. The highest BCUT2D eigenvalue weighted by Crippen LogP contribution is 2.19. The zero-order valence-electron chi connectivity index (χ0n) is 14.6. The fourth-order valence-electron chi connectivity index (χ4n) is 2.89. The molecular formula is C20H22N4O. The predicted octanol–water partition coefficient (Wildman–Crippen LogP) is 3.13. The summed E-state index contributed by atoms with van der Waals surface area (Å²) in [5.74, 6) is 0.0445. The molecule has 25 heavy (non-hydrogen) atoms. The first kappa shape index (κ1) is 16.9. The number of carbonyl (C=O) groups excluding carboxylic acids is 1. The number of nitrogens with one attached hydrogen (secondary N) is 1. The number of nitrogens with zero attached hydrogens (tertiary/aromatic N) is 3. The summed E-state index contributed by atoms with van der Waals surface area (Å²) < 4.78 is 1.94. The van der Waals surface area contributed by atoms with Gasteiger partial charge in [-0.3, -0.25) is 9.78 Å². The second-order valence-electron chi connectivity index (χ2n) is 6.03. The van der Waals surface area contributed by atoms with Gasteiger partial charge in [0.1, 0.15) is 0 Å². The number of para-hydroxylation sites is 1. The summed E-state index contributed by atoms with van der Waals surface area (Å²) >= 11 is 0. The van der Waals surface area contributed by atoms with Crippen LogP contribution in [0, 0.1) is 13.8 Å². The van der Waals surface area contributed by atoms with Crippen LogP contribution in [0.1, 0.15) is 28.9 Å². The van der Waals surface area contributed by atoms with Crippen molar-refractivity contribution in [1.29, 1.82) is 0 Å². The highest BCUT2D eigenvalue weighted by Gasteiger charge is 2.14. The molecule has 1 aromatic carbocycles. The van der Waals surface area contributed by atoms with E-state index >= 15 is 0 Å². The van der Waals surface area contributed by atoms with Crippen molar-refractivity contribution in [3.63, 3.8) is 0 Å². The maximum absolute atomic E-state index is 12.1. The van der Waals surface area contributed by atoms with E-state index < -0.39 is 0 Å². The molecule has 1 amide bonds. The number of carbonyl (C=O) groups is 1. The van der Waals surface area contributed by atoms with Crippen molar-refractivity contribution < 1.29 is 4.79 Å². The SMILES string of the molecule is Cc1nn(-c2ccccc2)c(C)c1CCC(=O)NCc1ccncc1. The predicted molar refractivity (Wildman–Crippen MR) is 97.4 cm³/mol. The number of hydrogen-bond acceptors (Lipinski definition) is 3. The van der Waals surface area contributed by atoms with Gasteiger partial charge < -0.3 is 5.32 Å². The smallest absolute Gasteiger partial charge is 0.220 e. The lowest BCUT2D eigenvalue weighted by atomic mass is 10.1. The Bertz CT molecular complexity index is 841. The van der Waals surface area contributed by atoms with E-state index in [-0.39, 0.29) is 5.91 Å². The first-order valence-corrected chi connectivity index (χ1v) is 8.41. The lowest BCUT2D eigenvalue weighted by Crippen LogP contribution is -2.23. The Kier molecular flexibility index (Phi) is 5.23. The van der Waals surface area contributed by atoms with Crippen LogP contribution in [-0.2, 0) is 17.8 Å². The molecule has 0 saturated carbocycles. The molecular weight excluding hydrogens is 312 g/mol. The van der Waals surface area contributed by atoms with Crippen molar-refractivity contribution in [3.8, 4) is 5.69 Å². The monoisotopic (exact) mass is 334 g/mol. The van der Waals surface area contributed by atoms with Crippen LogP contribution in [0.3, 0.4) is 0 Å². The van der Waals surface area contributed by atoms with Crippen LogP contribution in [0.4, 0.5) is 0 Å². The van der Waals surface area contributed by atoms with Crippen LogP contribution in [0.5, 0.6) is 0 Å². The van der Waals surface area contributed by atoms with Crippen LogP contribution in [0.25, 0.3) is 5.69 Å². The van der Waals surface area contributed by atoms with Crippen molar-refractivity contribution in [2.24, 2.45) is 0 Å². The molecule has 0 aliphatic carbocycles. The summed E-state index contributed by atoms with van der Waals surface area (Å²) in [4.78, 5) is 16.1. The first-order chi connectivity index (χ1) is 12.1. The lowest BCUT2D eigenvalue weighted by Gasteiger charge is -2.07. The van der Waals surface area contributed by atoms with Crippen LogP contribution in [-0.4, -0.2) is 20.7 Å². The van der Waals surface area contributed by atoms with Gasteiger partial charge >= 0.3 is 0 Å². The first-order valence-electron chi connectivity index (χ1n) is 8.41. The van der Waals surface area contributed by atoms with Crippen LogP contribution >= 0.6 is 0 Å². The number of aryl methyl sites for hydroxylation is 1. The molecule has 3 rings (SSSR count). The molecule has 2 aromatic heterocycles. The zero-order valence-corrected chi connectivity index (χ0v) is 14.6. The summed E-state index contributed by atoms with van der Waals surface area (Å²) in [6.07, 6.45) is 4.60. The summed E-state index contributed by atoms with van der Waals surface area (Å²) in [5.41, 5.74) is 5.29. The Morgan fingerprint density at radius 2 is 1.80 bits per heavy atom. The average molecular weight is 334 g/mol. The number of pyridine rings is 1. The molecule has 2 heterocycles. The molecule has 0 aliphatic heterocycles. The van der Waals surface area contributed by atoms with Crippen LogP contribution < -0.4 is 5.32 Å². The number of amides is 1. The Labute approximate surface area is 147 Å². The third-order valence-electron chi connectivity index (χ3n) is 4.28. The standard InChI is InChI=1S/C20H22N4O/c1-15-19(16(2)24(23-15)18-6-4-3-5-7-18)8-9-20(25)22-14-17-10-12-21-13-11-17/h3-7,10-13H,8-9,14H2,1-2H3,(H,22,25). The molecule has 5 heteroatoms. The lowest BCUT2D eigenvalue weighted by molar-refractivity contribution is -0.121.